The number of para-hydroxylation sites is 2. The van der Waals surface area contributed by atoms with E-state index in [1.165, 1.54) is 27.7 Å². The van der Waals surface area contributed by atoms with Gasteiger partial charge in [0.1, 0.15) is 0 Å². The van der Waals surface area contributed by atoms with Crippen molar-refractivity contribution in [2.75, 3.05) is 19.0 Å². The molecule has 3 rings (SSSR count). The number of fused-ring (bicyclic) bond motifs is 1. The Kier molecular flexibility index (Phi) is 2.79. The van der Waals surface area contributed by atoms with Gasteiger partial charge in [-0.05, 0) is 12.1 Å². The van der Waals surface area contributed by atoms with Crippen LogP contribution in [0.2, 0.25) is 0 Å². The molecule has 0 unspecified atom stereocenters. The third-order valence-electron chi connectivity index (χ3n) is 3.57. The highest BCUT2D eigenvalue weighted by molar-refractivity contribution is 5.99. The molecular weight excluding hydrogens is 232 g/mol. The SMILES string of the molecule is CN(C)c1ccccc1-c1cn(C)c2ccccc12. The summed E-state index contributed by atoms with van der Waals surface area (Å²) in [7, 11) is 6.28. The molecule has 0 radical (unpaired) electrons. The number of anilines is 1. The lowest BCUT2D eigenvalue weighted by Gasteiger charge is -2.17. The highest BCUT2D eigenvalue weighted by Crippen LogP contribution is 2.35. The number of nitrogens with zero attached hydrogens (tertiary/aromatic N) is 2. The van der Waals surface area contributed by atoms with E-state index >= 15 is 0 Å². The zero-order valence-electron chi connectivity index (χ0n) is 11.6. The highest BCUT2D eigenvalue weighted by Gasteiger charge is 2.12. The molecule has 1 heterocycles. The summed E-state index contributed by atoms with van der Waals surface area (Å²) in [6, 6.07) is 17.1. The molecule has 2 heteroatoms. The molecule has 1 aromatic heterocycles. The van der Waals surface area contributed by atoms with Crippen LogP contribution in [-0.4, -0.2) is 18.7 Å². The minimum absolute atomic E-state index is 1.25. The smallest absolute Gasteiger partial charge is 0.0484 e. The molecule has 0 saturated carbocycles. The van der Waals surface area contributed by atoms with Crippen molar-refractivity contribution < 1.29 is 0 Å². The second-order valence-electron chi connectivity index (χ2n) is 5.08. The molecule has 0 aliphatic heterocycles. The normalized spacial score (nSPS) is 10.9. The summed E-state index contributed by atoms with van der Waals surface area (Å²) in [4.78, 5) is 2.16. The van der Waals surface area contributed by atoms with Crippen molar-refractivity contribution in [2.45, 2.75) is 0 Å². The van der Waals surface area contributed by atoms with Crippen LogP contribution >= 0.6 is 0 Å². The van der Waals surface area contributed by atoms with Crippen molar-refractivity contribution in [3.63, 3.8) is 0 Å². The van der Waals surface area contributed by atoms with Gasteiger partial charge in [-0.3, -0.25) is 0 Å². The largest absolute Gasteiger partial charge is 0.377 e. The molecule has 2 nitrogen and oxygen atoms in total. The Balaban J connectivity index is 2.31. The minimum Gasteiger partial charge on any atom is -0.377 e. The zero-order valence-corrected chi connectivity index (χ0v) is 11.6. The molecule has 19 heavy (non-hydrogen) atoms. The summed E-state index contributed by atoms with van der Waals surface area (Å²) < 4.78 is 2.19. The Morgan fingerprint density at radius 2 is 1.53 bits per heavy atom. The first-order chi connectivity index (χ1) is 9.18. The van der Waals surface area contributed by atoms with E-state index < -0.39 is 0 Å². The summed E-state index contributed by atoms with van der Waals surface area (Å²) in [5, 5.41) is 1.30. The van der Waals surface area contributed by atoms with E-state index in [2.05, 4.69) is 85.3 Å². The minimum atomic E-state index is 1.25. The standard InChI is InChI=1S/C17H18N2/c1-18(2)16-10-6-4-8-13(16)15-12-19(3)17-11-7-5-9-14(15)17/h4-12H,1-3H3. The van der Waals surface area contributed by atoms with Crippen LogP contribution in [0.1, 0.15) is 0 Å². The Hall–Kier alpha value is -2.22. The molecule has 0 aliphatic carbocycles. The second kappa shape index (κ2) is 4.47. The topological polar surface area (TPSA) is 8.17 Å². The zero-order chi connectivity index (χ0) is 13.4. The fourth-order valence-corrected chi connectivity index (χ4v) is 2.65. The van der Waals surface area contributed by atoms with Gasteiger partial charge in [0.25, 0.3) is 0 Å². The first-order valence-corrected chi connectivity index (χ1v) is 6.49. The maximum atomic E-state index is 2.22. The maximum Gasteiger partial charge on any atom is 0.0484 e. The van der Waals surface area contributed by atoms with Gasteiger partial charge in [-0.1, -0.05) is 36.4 Å². The molecule has 0 saturated heterocycles. The lowest BCUT2D eigenvalue weighted by Crippen LogP contribution is -2.09. The molecule has 0 bridgehead atoms. The van der Waals surface area contributed by atoms with E-state index in [0.29, 0.717) is 0 Å². The van der Waals surface area contributed by atoms with Crippen molar-refractivity contribution in [3.05, 3.63) is 54.7 Å². The van der Waals surface area contributed by atoms with Crippen molar-refractivity contribution in [3.8, 4) is 11.1 Å². The summed E-state index contributed by atoms with van der Waals surface area (Å²) in [6.45, 7) is 0. The van der Waals surface area contributed by atoms with Gasteiger partial charge in [0.2, 0.25) is 0 Å². The van der Waals surface area contributed by atoms with Crippen molar-refractivity contribution in [1.29, 1.82) is 0 Å². The molecule has 96 valence electrons. The van der Waals surface area contributed by atoms with Crippen LogP contribution in [0.5, 0.6) is 0 Å². The lowest BCUT2D eigenvalue weighted by atomic mass is 10.0. The first kappa shape index (κ1) is 11.8. The molecule has 0 atom stereocenters. The van der Waals surface area contributed by atoms with E-state index in [9.17, 15) is 0 Å². The number of hydrogen-bond acceptors (Lipinski definition) is 1. The fourth-order valence-electron chi connectivity index (χ4n) is 2.65. The average Bonchev–Trinajstić information content (AvgIpc) is 2.77. The van der Waals surface area contributed by atoms with E-state index in [1.54, 1.807) is 0 Å². The molecule has 0 amide bonds. The maximum absolute atomic E-state index is 2.22. The van der Waals surface area contributed by atoms with Gasteiger partial charge in [0.05, 0.1) is 0 Å². The summed E-state index contributed by atoms with van der Waals surface area (Å²) >= 11 is 0. The predicted octanol–water partition coefficient (Wildman–Crippen LogP) is 3.91. The van der Waals surface area contributed by atoms with E-state index in [-0.39, 0.29) is 0 Å². The summed E-state index contributed by atoms with van der Waals surface area (Å²) in [5.41, 5.74) is 5.09. The van der Waals surface area contributed by atoms with E-state index in [4.69, 9.17) is 0 Å². The number of benzene rings is 2. The summed E-state index contributed by atoms with van der Waals surface area (Å²) in [6.07, 6.45) is 2.22. The highest BCUT2D eigenvalue weighted by atomic mass is 15.1. The predicted molar refractivity (Wildman–Crippen MR) is 82.7 cm³/mol. The van der Waals surface area contributed by atoms with Crippen molar-refractivity contribution >= 4 is 16.6 Å². The van der Waals surface area contributed by atoms with Crippen LogP contribution in [-0.2, 0) is 7.05 Å². The molecule has 3 aromatic rings. The fraction of sp³-hybridized carbons (Fsp3) is 0.176. The van der Waals surface area contributed by atoms with Crippen molar-refractivity contribution in [2.24, 2.45) is 7.05 Å². The third-order valence-corrected chi connectivity index (χ3v) is 3.57. The van der Waals surface area contributed by atoms with Gasteiger partial charge >= 0.3 is 0 Å². The van der Waals surface area contributed by atoms with Crippen LogP contribution in [0.15, 0.2) is 54.7 Å². The molecule has 0 N–H and O–H groups in total. The van der Waals surface area contributed by atoms with Gasteiger partial charge in [-0.25, -0.2) is 0 Å². The van der Waals surface area contributed by atoms with E-state index in [0.717, 1.165) is 0 Å². The third kappa shape index (κ3) is 1.89. The second-order valence-corrected chi connectivity index (χ2v) is 5.08. The van der Waals surface area contributed by atoms with Crippen LogP contribution < -0.4 is 4.90 Å². The van der Waals surface area contributed by atoms with Gasteiger partial charge in [0, 0.05) is 55.1 Å². The number of aryl methyl sites for hydroxylation is 1. The van der Waals surface area contributed by atoms with Gasteiger partial charge in [-0.15, -0.1) is 0 Å². The monoisotopic (exact) mass is 250 g/mol. The van der Waals surface area contributed by atoms with Crippen LogP contribution in [0, 0.1) is 0 Å². The molecular formula is C17H18N2. The van der Waals surface area contributed by atoms with Crippen LogP contribution in [0.3, 0.4) is 0 Å². The van der Waals surface area contributed by atoms with Crippen LogP contribution in [0.4, 0.5) is 5.69 Å². The van der Waals surface area contributed by atoms with E-state index in [1.807, 2.05) is 0 Å². The van der Waals surface area contributed by atoms with Crippen LogP contribution in [0.25, 0.3) is 22.0 Å². The number of hydrogen-bond donors (Lipinski definition) is 0. The van der Waals surface area contributed by atoms with Crippen molar-refractivity contribution in [1.82, 2.24) is 4.57 Å². The summed E-state index contributed by atoms with van der Waals surface area (Å²) in [5.74, 6) is 0. The van der Waals surface area contributed by atoms with Gasteiger partial charge in [-0.2, -0.15) is 0 Å². The molecule has 0 fully saturated rings. The Labute approximate surface area is 113 Å². The molecule has 0 aliphatic rings. The Morgan fingerprint density at radius 1 is 0.842 bits per heavy atom. The molecule has 2 aromatic carbocycles. The Bertz CT molecular complexity index is 723. The molecule has 0 spiro atoms. The number of rotatable bonds is 2. The quantitative estimate of drug-likeness (QED) is 0.669. The lowest BCUT2D eigenvalue weighted by molar-refractivity contribution is 0.970. The average molecular weight is 250 g/mol. The van der Waals surface area contributed by atoms with Gasteiger partial charge < -0.3 is 9.47 Å². The van der Waals surface area contributed by atoms with Gasteiger partial charge in [0.15, 0.2) is 0 Å². The number of aromatic nitrogens is 1. The Morgan fingerprint density at radius 3 is 2.32 bits per heavy atom. The first-order valence-electron chi connectivity index (χ1n) is 6.49.